The molecule has 0 spiro atoms. The van der Waals surface area contributed by atoms with Crippen LogP contribution in [0, 0.1) is 0 Å². The summed E-state index contributed by atoms with van der Waals surface area (Å²) >= 11 is 0. The van der Waals surface area contributed by atoms with Crippen LogP contribution < -0.4 is 0 Å². The summed E-state index contributed by atoms with van der Waals surface area (Å²) < 4.78 is -0.0757. The molecule has 0 aromatic carbocycles. The van der Waals surface area contributed by atoms with Crippen molar-refractivity contribution in [3.63, 3.8) is 0 Å². The molecule has 2 unspecified atom stereocenters. The molecule has 0 aliphatic rings. The van der Waals surface area contributed by atoms with Crippen molar-refractivity contribution in [2.24, 2.45) is 0 Å². The molecule has 0 saturated carbocycles. The lowest BCUT2D eigenvalue weighted by atomic mass is 9.99. The maximum absolute atomic E-state index is 12.8. The third kappa shape index (κ3) is 16.9. The maximum atomic E-state index is 12.8. The number of Topliss-reactive ketones (excluding diaryl/α,β-unsaturated/α-hetero) is 1. The van der Waals surface area contributed by atoms with E-state index in [1.165, 1.54) is 77.0 Å². The zero-order valence-electron chi connectivity index (χ0n) is 25.4. The van der Waals surface area contributed by atoms with Gasteiger partial charge in [0.15, 0.2) is 19.2 Å². The maximum Gasteiger partial charge on any atom is 0.313 e. The van der Waals surface area contributed by atoms with Crippen molar-refractivity contribution in [1.29, 1.82) is 0 Å². The Morgan fingerprint density at radius 2 is 1.05 bits per heavy atom. The molecule has 222 valence electrons. The Labute approximate surface area is 235 Å². The van der Waals surface area contributed by atoms with Crippen molar-refractivity contribution in [2.45, 2.75) is 162 Å². The fourth-order valence-corrected chi connectivity index (χ4v) is 5.83. The standard InChI is InChI=1S/C31H59NO5P/c1-6-9-10-11-12-13-14-15-16-17-18-19-20-21-22-24-28(33)25-27(32(4,5)29(34)23-7-2)26-31(36)38(37)30(35)8-3/h27,37H,6-26H2,1-5H3/q+1. The predicted octanol–water partition coefficient (Wildman–Crippen LogP) is 8.22. The average molecular weight is 557 g/mol. The van der Waals surface area contributed by atoms with Crippen LogP contribution in [0.1, 0.15) is 156 Å². The Hall–Kier alpha value is -0.970. The summed E-state index contributed by atoms with van der Waals surface area (Å²) in [6.45, 7) is 5.80. The van der Waals surface area contributed by atoms with E-state index < -0.39 is 25.2 Å². The van der Waals surface area contributed by atoms with Crippen LogP contribution in [0.15, 0.2) is 0 Å². The summed E-state index contributed by atoms with van der Waals surface area (Å²) in [5.74, 6) is 0.0197. The molecular weight excluding hydrogens is 497 g/mol. The van der Waals surface area contributed by atoms with Crippen LogP contribution in [0.4, 0.5) is 0 Å². The number of quaternary nitrogens is 1. The molecule has 0 rings (SSSR count). The summed E-state index contributed by atoms with van der Waals surface area (Å²) in [5.41, 5.74) is -0.995. The number of ketones is 1. The first-order valence-electron chi connectivity index (χ1n) is 15.5. The molecule has 1 amide bonds. The van der Waals surface area contributed by atoms with E-state index in [2.05, 4.69) is 6.92 Å². The van der Waals surface area contributed by atoms with Gasteiger partial charge in [0.1, 0.15) is 11.8 Å². The van der Waals surface area contributed by atoms with E-state index in [0.717, 1.165) is 19.3 Å². The van der Waals surface area contributed by atoms with Crippen molar-refractivity contribution in [3.05, 3.63) is 0 Å². The Kier molecular flexibility index (Phi) is 22.2. The Morgan fingerprint density at radius 3 is 1.47 bits per heavy atom. The lowest BCUT2D eigenvalue weighted by Crippen LogP contribution is -2.54. The molecule has 0 aromatic rings. The molecule has 0 radical (unpaired) electrons. The number of carbonyl (C=O) groups excluding carboxylic acids is 4. The van der Waals surface area contributed by atoms with Gasteiger partial charge in [-0.2, -0.15) is 0 Å². The van der Waals surface area contributed by atoms with E-state index in [1.54, 1.807) is 21.0 Å². The van der Waals surface area contributed by atoms with Gasteiger partial charge in [-0.1, -0.05) is 111 Å². The number of amides is 1. The SMILES string of the molecule is CCCCCCCCCCCCCCCCCC(=O)CC(CC(=O)P(O)C(=O)CC)[N+](C)(C)C(=O)CCC. The molecule has 0 heterocycles. The molecule has 0 bridgehead atoms. The highest BCUT2D eigenvalue weighted by atomic mass is 31.1. The fraction of sp³-hybridized carbons (Fsp3) is 0.871. The Balaban J connectivity index is 4.33. The first-order valence-corrected chi connectivity index (χ1v) is 16.8. The van der Waals surface area contributed by atoms with Crippen LogP contribution in [0.2, 0.25) is 0 Å². The van der Waals surface area contributed by atoms with Crippen molar-refractivity contribution < 1.29 is 28.6 Å². The van der Waals surface area contributed by atoms with Gasteiger partial charge >= 0.3 is 5.91 Å². The number of carbonyl (C=O) groups is 4. The lowest BCUT2D eigenvalue weighted by molar-refractivity contribution is -0.839. The number of hydrogen-bond acceptors (Lipinski definition) is 5. The number of hydrogen-bond donors (Lipinski definition) is 1. The first kappa shape index (κ1) is 37.0. The Morgan fingerprint density at radius 1 is 0.605 bits per heavy atom. The molecule has 0 aliphatic carbocycles. The molecule has 2 atom stereocenters. The Bertz CT molecular complexity index is 679. The highest BCUT2D eigenvalue weighted by Crippen LogP contribution is 2.37. The molecule has 0 fully saturated rings. The highest BCUT2D eigenvalue weighted by molar-refractivity contribution is 7.84. The molecule has 1 N–H and O–H groups in total. The third-order valence-corrected chi connectivity index (χ3v) is 9.17. The monoisotopic (exact) mass is 556 g/mol. The molecule has 0 aliphatic heterocycles. The van der Waals surface area contributed by atoms with Crippen LogP contribution in [0.25, 0.3) is 0 Å². The van der Waals surface area contributed by atoms with Crippen molar-refractivity contribution in [2.75, 3.05) is 14.1 Å². The number of rotatable bonds is 26. The van der Waals surface area contributed by atoms with E-state index >= 15 is 0 Å². The molecule has 38 heavy (non-hydrogen) atoms. The van der Waals surface area contributed by atoms with Gasteiger partial charge < -0.3 is 4.89 Å². The van der Waals surface area contributed by atoms with E-state index in [1.807, 2.05) is 6.92 Å². The number of nitrogens with zero attached hydrogens (tertiary/aromatic N) is 1. The highest BCUT2D eigenvalue weighted by Gasteiger charge is 2.39. The minimum atomic E-state index is -2.37. The topological polar surface area (TPSA) is 88.5 Å². The van der Waals surface area contributed by atoms with Gasteiger partial charge in [0.2, 0.25) is 0 Å². The fourth-order valence-electron chi connectivity index (χ4n) is 4.87. The van der Waals surface area contributed by atoms with Crippen LogP contribution in [0.5, 0.6) is 0 Å². The first-order chi connectivity index (χ1) is 18.1. The lowest BCUT2D eigenvalue weighted by Gasteiger charge is -2.35. The van der Waals surface area contributed by atoms with Crippen LogP contribution >= 0.6 is 8.15 Å². The van der Waals surface area contributed by atoms with Crippen molar-refractivity contribution in [3.8, 4) is 0 Å². The van der Waals surface area contributed by atoms with Crippen LogP contribution in [-0.4, -0.2) is 52.3 Å². The molecule has 7 heteroatoms. The summed E-state index contributed by atoms with van der Waals surface area (Å²) in [6, 6.07) is -0.549. The third-order valence-electron chi connectivity index (χ3n) is 7.73. The van der Waals surface area contributed by atoms with E-state index in [-0.39, 0.29) is 35.4 Å². The van der Waals surface area contributed by atoms with Crippen LogP contribution in [-0.2, 0) is 19.2 Å². The van der Waals surface area contributed by atoms with Gasteiger partial charge in [-0.25, -0.2) is 4.79 Å². The molecular formula is C31H59NO5P+. The zero-order chi connectivity index (χ0) is 28.8. The summed E-state index contributed by atoms with van der Waals surface area (Å²) in [7, 11) is 1.09. The normalized spacial score (nSPS) is 13.3. The van der Waals surface area contributed by atoms with Gasteiger partial charge in [0, 0.05) is 12.8 Å². The molecule has 6 nitrogen and oxygen atoms in total. The van der Waals surface area contributed by atoms with E-state index in [4.69, 9.17) is 0 Å². The average Bonchev–Trinajstić information content (AvgIpc) is 2.89. The second kappa shape index (κ2) is 22.8. The minimum Gasteiger partial charge on any atom is -0.360 e. The summed E-state index contributed by atoms with van der Waals surface area (Å²) in [5, 5.41) is 0. The van der Waals surface area contributed by atoms with Gasteiger partial charge in [0.25, 0.3) is 0 Å². The van der Waals surface area contributed by atoms with E-state index in [9.17, 15) is 24.1 Å². The second-order valence-corrected chi connectivity index (χ2v) is 13.1. The second-order valence-electron chi connectivity index (χ2n) is 11.4. The minimum absolute atomic E-state index is 0.0332. The largest absolute Gasteiger partial charge is 0.360 e. The van der Waals surface area contributed by atoms with Crippen molar-refractivity contribution >= 4 is 30.9 Å². The summed E-state index contributed by atoms with van der Waals surface area (Å²) in [4.78, 5) is 60.1. The quantitative estimate of drug-likeness (QED) is 0.0659. The predicted molar refractivity (Wildman–Crippen MR) is 159 cm³/mol. The smallest absolute Gasteiger partial charge is 0.313 e. The van der Waals surface area contributed by atoms with Crippen molar-refractivity contribution in [1.82, 2.24) is 0 Å². The van der Waals surface area contributed by atoms with Gasteiger partial charge in [-0.05, 0) is 12.8 Å². The molecule has 0 saturated heterocycles. The van der Waals surface area contributed by atoms with Gasteiger partial charge in [-0.3, -0.25) is 18.9 Å². The number of unbranched alkanes of at least 4 members (excludes halogenated alkanes) is 14. The van der Waals surface area contributed by atoms with Gasteiger partial charge in [-0.15, -0.1) is 0 Å². The van der Waals surface area contributed by atoms with Crippen LogP contribution in [0.3, 0.4) is 0 Å². The van der Waals surface area contributed by atoms with E-state index in [0.29, 0.717) is 19.3 Å². The summed E-state index contributed by atoms with van der Waals surface area (Å²) in [6.07, 6.45) is 20.7. The molecule has 0 aromatic heterocycles. The zero-order valence-corrected chi connectivity index (χ0v) is 26.3. The van der Waals surface area contributed by atoms with Gasteiger partial charge in [0.05, 0.1) is 33.4 Å².